The highest BCUT2D eigenvalue weighted by atomic mass is 19.4. The number of carboxylic acid groups (broad SMARTS) is 1. The Morgan fingerprint density at radius 1 is 1.33 bits per heavy atom. The van der Waals surface area contributed by atoms with E-state index in [0.717, 1.165) is 12.1 Å². The molecule has 6 nitrogen and oxygen atoms in total. The maximum atomic E-state index is 13.4. The fraction of sp³-hybridized carbons (Fsp3) is 0.529. The summed E-state index contributed by atoms with van der Waals surface area (Å²) >= 11 is 0. The molecule has 2 amide bonds. The van der Waals surface area contributed by atoms with Gasteiger partial charge in [-0.1, -0.05) is 6.92 Å². The van der Waals surface area contributed by atoms with E-state index in [-0.39, 0.29) is 23.9 Å². The summed E-state index contributed by atoms with van der Waals surface area (Å²) in [6.07, 6.45) is -5.20. The molecule has 1 aromatic rings. The number of rotatable bonds is 5. The first-order valence-corrected chi connectivity index (χ1v) is 8.33. The van der Waals surface area contributed by atoms with Crippen molar-refractivity contribution in [2.75, 3.05) is 25.0 Å². The Bertz CT molecular complexity index is 696. The van der Waals surface area contributed by atoms with Crippen LogP contribution in [0.4, 0.5) is 28.0 Å². The first-order valence-electron chi connectivity index (χ1n) is 8.33. The zero-order valence-corrected chi connectivity index (χ0v) is 14.6. The zero-order valence-electron chi connectivity index (χ0n) is 14.6. The first-order chi connectivity index (χ1) is 12.5. The molecule has 0 saturated carbocycles. The van der Waals surface area contributed by atoms with Crippen LogP contribution in [0.5, 0.6) is 5.75 Å². The second-order valence-corrected chi connectivity index (χ2v) is 6.57. The largest absolute Gasteiger partial charge is 0.491 e. The number of carbonyl (C=O) groups excluding carboxylic acids is 1. The van der Waals surface area contributed by atoms with Gasteiger partial charge < -0.3 is 20.1 Å². The Kier molecular flexibility index (Phi) is 6.50. The van der Waals surface area contributed by atoms with Gasteiger partial charge in [0.1, 0.15) is 11.6 Å². The van der Waals surface area contributed by atoms with Crippen LogP contribution >= 0.6 is 0 Å². The summed E-state index contributed by atoms with van der Waals surface area (Å²) in [5.74, 6) is -2.69. The van der Waals surface area contributed by atoms with Gasteiger partial charge in [-0.3, -0.25) is 4.79 Å². The number of anilines is 1. The summed E-state index contributed by atoms with van der Waals surface area (Å²) in [4.78, 5) is 25.0. The molecule has 2 rings (SSSR count). The van der Waals surface area contributed by atoms with Crippen molar-refractivity contribution in [1.29, 1.82) is 0 Å². The number of hydrogen-bond donors (Lipinski definition) is 2. The number of carboxylic acids is 1. The van der Waals surface area contributed by atoms with Crippen molar-refractivity contribution in [1.82, 2.24) is 4.90 Å². The molecular weight excluding hydrogens is 372 g/mol. The number of nitrogens with zero attached hydrogens (tertiary/aromatic N) is 1. The van der Waals surface area contributed by atoms with Gasteiger partial charge in [0.25, 0.3) is 0 Å². The highest BCUT2D eigenvalue weighted by Crippen LogP contribution is 2.29. The minimum atomic E-state index is -4.42. The van der Waals surface area contributed by atoms with E-state index in [2.05, 4.69) is 5.32 Å². The second kappa shape index (κ2) is 8.45. The lowest BCUT2D eigenvalue weighted by molar-refractivity contribution is -0.144. The lowest BCUT2D eigenvalue weighted by Gasteiger charge is -2.34. The quantitative estimate of drug-likeness (QED) is 0.749. The average molecular weight is 392 g/mol. The Balaban J connectivity index is 2.07. The van der Waals surface area contributed by atoms with E-state index in [1.165, 1.54) is 11.0 Å². The number of likely N-dealkylation sites (tertiary alicyclic amines) is 1. The van der Waals surface area contributed by atoms with Gasteiger partial charge in [-0.2, -0.15) is 13.2 Å². The van der Waals surface area contributed by atoms with Gasteiger partial charge in [0.15, 0.2) is 0 Å². The monoisotopic (exact) mass is 392 g/mol. The van der Waals surface area contributed by atoms with Gasteiger partial charge in [0.2, 0.25) is 0 Å². The lowest BCUT2D eigenvalue weighted by atomic mass is 9.91. The third-order valence-corrected chi connectivity index (χ3v) is 4.12. The summed E-state index contributed by atoms with van der Waals surface area (Å²) in [5, 5.41) is 11.6. The maximum absolute atomic E-state index is 13.4. The van der Waals surface area contributed by atoms with Crippen molar-refractivity contribution >= 4 is 17.7 Å². The molecular formula is C17H20F4N2O4. The molecule has 2 N–H and O–H groups in total. The minimum Gasteiger partial charge on any atom is -0.491 e. The predicted octanol–water partition coefficient (Wildman–Crippen LogP) is 3.73. The number of nitrogens with one attached hydrogen (secondary N) is 1. The molecule has 0 bridgehead atoms. The van der Waals surface area contributed by atoms with E-state index < -0.39 is 42.9 Å². The number of amides is 2. The number of urea groups is 1. The molecule has 0 spiro atoms. The van der Waals surface area contributed by atoms with Crippen LogP contribution in [-0.2, 0) is 4.79 Å². The highest BCUT2D eigenvalue weighted by molar-refractivity contribution is 5.91. The standard InChI is InChI=1S/C17H20F4N2O4/c1-10-6-11(15(24)25)9-23(8-10)16(26)22-13-3-2-12(18)7-14(13)27-5-4-17(19,20)21/h2-3,7,10-11H,4-6,8-9H2,1H3,(H,22,26)(H,24,25). The third-order valence-electron chi connectivity index (χ3n) is 4.12. The maximum Gasteiger partial charge on any atom is 0.392 e. The fourth-order valence-electron chi connectivity index (χ4n) is 2.89. The highest BCUT2D eigenvalue weighted by Gasteiger charge is 2.32. The fourth-order valence-corrected chi connectivity index (χ4v) is 2.89. The van der Waals surface area contributed by atoms with E-state index in [0.29, 0.717) is 13.0 Å². The van der Waals surface area contributed by atoms with Gasteiger partial charge in [-0.25, -0.2) is 9.18 Å². The van der Waals surface area contributed by atoms with Gasteiger partial charge in [0, 0.05) is 19.2 Å². The van der Waals surface area contributed by atoms with Crippen molar-refractivity contribution < 1.29 is 37.0 Å². The summed E-state index contributed by atoms with van der Waals surface area (Å²) in [5.41, 5.74) is 0.00803. The van der Waals surface area contributed by atoms with Crippen LogP contribution in [0, 0.1) is 17.7 Å². The minimum absolute atomic E-state index is 0.00803. The number of ether oxygens (including phenoxy) is 1. The topological polar surface area (TPSA) is 78.9 Å². The Morgan fingerprint density at radius 2 is 2.04 bits per heavy atom. The van der Waals surface area contributed by atoms with Crippen molar-refractivity contribution in [3.05, 3.63) is 24.0 Å². The molecule has 2 unspecified atom stereocenters. The van der Waals surface area contributed by atoms with E-state index in [1.54, 1.807) is 0 Å². The Labute approximate surface area is 153 Å². The number of hydrogen-bond acceptors (Lipinski definition) is 3. The second-order valence-electron chi connectivity index (χ2n) is 6.57. The van der Waals surface area contributed by atoms with Crippen LogP contribution in [0.2, 0.25) is 0 Å². The van der Waals surface area contributed by atoms with E-state index in [1.807, 2.05) is 6.92 Å². The van der Waals surface area contributed by atoms with Crippen LogP contribution in [0.25, 0.3) is 0 Å². The summed E-state index contributed by atoms with van der Waals surface area (Å²) in [6, 6.07) is 2.47. The summed E-state index contributed by atoms with van der Waals surface area (Å²) < 4.78 is 55.1. The third kappa shape index (κ3) is 6.30. The van der Waals surface area contributed by atoms with Crippen LogP contribution in [0.15, 0.2) is 18.2 Å². The molecule has 1 fully saturated rings. The molecule has 27 heavy (non-hydrogen) atoms. The molecule has 0 aromatic heterocycles. The first kappa shape index (κ1) is 20.8. The number of carbonyl (C=O) groups is 2. The van der Waals surface area contributed by atoms with Gasteiger partial charge in [-0.15, -0.1) is 0 Å². The van der Waals surface area contributed by atoms with Crippen LogP contribution in [-0.4, -0.2) is 47.9 Å². The number of halogens is 4. The number of benzene rings is 1. The lowest BCUT2D eigenvalue weighted by Crippen LogP contribution is -2.47. The van der Waals surface area contributed by atoms with Gasteiger partial charge >= 0.3 is 18.2 Å². The van der Waals surface area contributed by atoms with Crippen molar-refractivity contribution in [2.24, 2.45) is 11.8 Å². The SMILES string of the molecule is CC1CC(C(=O)O)CN(C(=O)Nc2ccc(F)cc2OCCC(F)(F)F)C1. The van der Waals surface area contributed by atoms with E-state index in [9.17, 15) is 32.3 Å². The predicted molar refractivity (Wildman–Crippen MR) is 88.1 cm³/mol. The van der Waals surface area contributed by atoms with Gasteiger partial charge in [0.05, 0.1) is 24.6 Å². The van der Waals surface area contributed by atoms with E-state index >= 15 is 0 Å². The van der Waals surface area contributed by atoms with Crippen LogP contribution in [0.3, 0.4) is 0 Å². The van der Waals surface area contributed by atoms with Crippen LogP contribution < -0.4 is 10.1 Å². The molecule has 1 aromatic carbocycles. The average Bonchev–Trinajstić information content (AvgIpc) is 2.55. The van der Waals surface area contributed by atoms with Crippen molar-refractivity contribution in [2.45, 2.75) is 25.9 Å². The molecule has 1 aliphatic heterocycles. The molecule has 0 radical (unpaired) electrons. The Morgan fingerprint density at radius 3 is 2.67 bits per heavy atom. The molecule has 1 aliphatic rings. The van der Waals surface area contributed by atoms with Crippen molar-refractivity contribution in [3.8, 4) is 5.75 Å². The van der Waals surface area contributed by atoms with Crippen molar-refractivity contribution in [3.63, 3.8) is 0 Å². The summed E-state index contributed by atoms with van der Waals surface area (Å²) in [7, 11) is 0. The normalized spacial score (nSPS) is 20.3. The molecule has 150 valence electrons. The molecule has 1 heterocycles. The Hall–Kier alpha value is -2.52. The molecule has 1 saturated heterocycles. The smallest absolute Gasteiger partial charge is 0.392 e. The number of piperidine rings is 1. The molecule has 2 atom stereocenters. The molecule has 10 heteroatoms. The summed E-state index contributed by atoms with van der Waals surface area (Å²) in [6.45, 7) is 1.44. The zero-order chi connectivity index (χ0) is 20.2. The molecule has 0 aliphatic carbocycles. The van der Waals surface area contributed by atoms with Gasteiger partial charge in [-0.05, 0) is 24.5 Å². The number of aliphatic carboxylic acids is 1. The van der Waals surface area contributed by atoms with E-state index in [4.69, 9.17) is 4.74 Å². The van der Waals surface area contributed by atoms with Crippen LogP contribution in [0.1, 0.15) is 19.8 Å². The number of alkyl halides is 3.